The Labute approximate surface area is 153 Å². The fraction of sp³-hybridized carbons (Fsp3) is 0.611. The zero-order valence-corrected chi connectivity index (χ0v) is 15.7. The average Bonchev–Trinajstić information content (AvgIpc) is 2.54. The second-order valence-electron chi connectivity index (χ2n) is 7.44. The third-order valence-electron chi connectivity index (χ3n) is 4.52. The van der Waals surface area contributed by atoms with Crippen LogP contribution in [0.1, 0.15) is 56.8 Å². The molecule has 1 aromatic rings. The molecule has 26 heavy (non-hydrogen) atoms. The van der Waals surface area contributed by atoms with Crippen LogP contribution in [0.15, 0.2) is 12.1 Å². The molecule has 1 aliphatic carbocycles. The third kappa shape index (κ3) is 4.56. The number of aromatic nitrogens is 1. The van der Waals surface area contributed by atoms with Crippen molar-refractivity contribution in [2.75, 3.05) is 7.11 Å². The van der Waals surface area contributed by atoms with Crippen molar-refractivity contribution in [1.29, 1.82) is 0 Å². The highest BCUT2D eigenvalue weighted by molar-refractivity contribution is 5.95. The van der Waals surface area contributed by atoms with Gasteiger partial charge in [-0.05, 0) is 52.5 Å². The van der Waals surface area contributed by atoms with Gasteiger partial charge in [-0.15, -0.1) is 0 Å². The van der Waals surface area contributed by atoms with Crippen molar-refractivity contribution < 1.29 is 24.2 Å². The van der Waals surface area contributed by atoms with Crippen LogP contribution in [-0.2, 0) is 0 Å². The van der Waals surface area contributed by atoms with E-state index in [0.29, 0.717) is 5.88 Å². The van der Waals surface area contributed by atoms with Gasteiger partial charge in [-0.3, -0.25) is 4.79 Å². The Balaban J connectivity index is 2.01. The van der Waals surface area contributed by atoms with Crippen molar-refractivity contribution in [1.82, 2.24) is 9.88 Å². The minimum atomic E-state index is -0.893. The Morgan fingerprint density at radius 2 is 1.85 bits per heavy atom. The van der Waals surface area contributed by atoms with Crippen LogP contribution in [0.25, 0.3) is 0 Å². The highest BCUT2D eigenvalue weighted by Crippen LogP contribution is 2.31. The molecule has 0 aromatic carbocycles. The standard InChI is InChI=1S/C18H27N3O5/c1-18(2,3)21(17(23)24)11-5-7-12(8-6-11)26-14-10-9-13(15(19)22)16(20-14)25-4/h9-12H,5-8H2,1-4H3,(H2,19,22)(H,23,24)/t11-,12-. The summed E-state index contributed by atoms with van der Waals surface area (Å²) in [6, 6.07) is 3.10. The number of ether oxygens (including phenoxy) is 2. The van der Waals surface area contributed by atoms with Crippen LogP contribution in [0.3, 0.4) is 0 Å². The molecule has 0 saturated heterocycles. The minimum Gasteiger partial charge on any atom is -0.480 e. The first-order chi connectivity index (χ1) is 12.1. The molecular formula is C18H27N3O5. The lowest BCUT2D eigenvalue weighted by molar-refractivity contribution is 0.0357. The lowest BCUT2D eigenvalue weighted by atomic mass is 9.89. The summed E-state index contributed by atoms with van der Waals surface area (Å²) in [6.07, 6.45) is 1.96. The van der Waals surface area contributed by atoms with E-state index in [1.807, 2.05) is 20.8 Å². The number of hydrogen-bond acceptors (Lipinski definition) is 5. The van der Waals surface area contributed by atoms with Crippen molar-refractivity contribution in [2.24, 2.45) is 5.73 Å². The number of nitrogens with two attached hydrogens (primary N) is 1. The van der Waals surface area contributed by atoms with Crippen LogP contribution in [0, 0.1) is 0 Å². The quantitative estimate of drug-likeness (QED) is 0.829. The first-order valence-electron chi connectivity index (χ1n) is 8.67. The van der Waals surface area contributed by atoms with Crippen molar-refractivity contribution >= 4 is 12.0 Å². The van der Waals surface area contributed by atoms with Gasteiger partial charge in [0.1, 0.15) is 11.7 Å². The number of amides is 2. The molecule has 0 aliphatic heterocycles. The fourth-order valence-electron chi connectivity index (χ4n) is 3.42. The first kappa shape index (κ1) is 19.8. The van der Waals surface area contributed by atoms with E-state index in [-0.39, 0.29) is 23.6 Å². The predicted octanol–water partition coefficient (Wildman–Crippen LogP) is 2.66. The van der Waals surface area contributed by atoms with Gasteiger partial charge in [0.25, 0.3) is 5.91 Å². The maximum Gasteiger partial charge on any atom is 0.407 e. The molecule has 3 N–H and O–H groups in total. The Morgan fingerprint density at radius 3 is 2.31 bits per heavy atom. The van der Waals surface area contributed by atoms with E-state index in [2.05, 4.69) is 4.98 Å². The number of nitrogens with zero attached hydrogens (tertiary/aromatic N) is 2. The fourth-order valence-corrected chi connectivity index (χ4v) is 3.42. The minimum absolute atomic E-state index is 0.0212. The Bertz CT molecular complexity index is 663. The average molecular weight is 365 g/mol. The topological polar surface area (TPSA) is 115 Å². The van der Waals surface area contributed by atoms with Gasteiger partial charge < -0.3 is 25.2 Å². The molecular weight excluding hydrogens is 338 g/mol. The number of hydrogen-bond donors (Lipinski definition) is 2. The summed E-state index contributed by atoms with van der Waals surface area (Å²) < 4.78 is 11.0. The van der Waals surface area contributed by atoms with Crippen LogP contribution in [-0.4, -0.2) is 51.8 Å². The number of carbonyl (C=O) groups is 2. The maximum atomic E-state index is 11.6. The zero-order chi connectivity index (χ0) is 19.5. The maximum absolute atomic E-state index is 11.6. The van der Waals surface area contributed by atoms with Crippen molar-refractivity contribution in [3.05, 3.63) is 17.7 Å². The third-order valence-corrected chi connectivity index (χ3v) is 4.52. The zero-order valence-electron chi connectivity index (χ0n) is 15.7. The molecule has 144 valence electrons. The van der Waals surface area contributed by atoms with Gasteiger partial charge in [0, 0.05) is 17.6 Å². The summed E-state index contributed by atoms with van der Waals surface area (Å²) in [4.78, 5) is 28.6. The summed E-state index contributed by atoms with van der Waals surface area (Å²) >= 11 is 0. The molecule has 1 aliphatic rings. The number of pyridine rings is 1. The Hall–Kier alpha value is -2.51. The molecule has 1 saturated carbocycles. The van der Waals surface area contributed by atoms with Gasteiger partial charge in [-0.1, -0.05) is 0 Å². The highest BCUT2D eigenvalue weighted by Gasteiger charge is 2.36. The van der Waals surface area contributed by atoms with Crippen LogP contribution >= 0.6 is 0 Å². The van der Waals surface area contributed by atoms with E-state index >= 15 is 0 Å². The van der Waals surface area contributed by atoms with E-state index < -0.39 is 17.5 Å². The SMILES string of the molecule is COc1nc(O[C@H]2CC[C@H](N(C(=O)O)C(C)(C)C)CC2)ccc1C(N)=O. The Kier molecular flexibility index (Phi) is 5.94. The summed E-state index contributed by atoms with van der Waals surface area (Å²) in [5, 5.41) is 9.52. The van der Waals surface area contributed by atoms with E-state index in [1.54, 1.807) is 6.07 Å². The number of primary amides is 1. The summed E-state index contributed by atoms with van der Waals surface area (Å²) in [6.45, 7) is 5.71. The number of carbonyl (C=O) groups excluding carboxylic acids is 1. The van der Waals surface area contributed by atoms with Gasteiger partial charge in [0.15, 0.2) is 0 Å². The normalized spacial score (nSPS) is 20.3. The van der Waals surface area contributed by atoms with Gasteiger partial charge in [-0.25, -0.2) is 4.79 Å². The molecule has 1 heterocycles. The summed E-state index contributed by atoms with van der Waals surface area (Å²) in [5.41, 5.74) is 5.03. The second-order valence-corrected chi connectivity index (χ2v) is 7.44. The molecule has 8 nitrogen and oxygen atoms in total. The molecule has 0 spiro atoms. The number of carboxylic acid groups (broad SMARTS) is 1. The van der Waals surface area contributed by atoms with Crippen LogP contribution in [0.4, 0.5) is 4.79 Å². The molecule has 8 heteroatoms. The molecule has 0 atom stereocenters. The highest BCUT2D eigenvalue weighted by atomic mass is 16.5. The molecule has 1 aromatic heterocycles. The largest absolute Gasteiger partial charge is 0.480 e. The number of methoxy groups -OCH3 is 1. The van der Waals surface area contributed by atoms with Crippen LogP contribution in [0.5, 0.6) is 11.8 Å². The van der Waals surface area contributed by atoms with Gasteiger partial charge in [0.2, 0.25) is 11.8 Å². The van der Waals surface area contributed by atoms with Gasteiger partial charge >= 0.3 is 6.09 Å². The van der Waals surface area contributed by atoms with Crippen molar-refractivity contribution in [3.63, 3.8) is 0 Å². The number of rotatable bonds is 5. The molecule has 2 amide bonds. The first-order valence-corrected chi connectivity index (χ1v) is 8.67. The lowest BCUT2D eigenvalue weighted by Gasteiger charge is -2.42. The van der Waals surface area contributed by atoms with Crippen LogP contribution < -0.4 is 15.2 Å². The summed E-state index contributed by atoms with van der Waals surface area (Å²) in [7, 11) is 1.41. The van der Waals surface area contributed by atoms with Crippen molar-refractivity contribution in [3.8, 4) is 11.8 Å². The lowest BCUT2D eigenvalue weighted by Crippen LogP contribution is -2.52. The van der Waals surface area contributed by atoms with Crippen molar-refractivity contribution in [2.45, 2.75) is 64.1 Å². The molecule has 0 radical (unpaired) electrons. The summed E-state index contributed by atoms with van der Waals surface area (Å²) in [5.74, 6) is -0.118. The van der Waals surface area contributed by atoms with E-state index in [1.165, 1.54) is 18.1 Å². The van der Waals surface area contributed by atoms with E-state index in [4.69, 9.17) is 15.2 Å². The van der Waals surface area contributed by atoms with E-state index in [0.717, 1.165) is 25.7 Å². The Morgan fingerprint density at radius 1 is 1.23 bits per heavy atom. The van der Waals surface area contributed by atoms with Gasteiger partial charge in [-0.2, -0.15) is 4.98 Å². The molecule has 0 bridgehead atoms. The monoisotopic (exact) mass is 365 g/mol. The predicted molar refractivity (Wildman–Crippen MR) is 95.6 cm³/mol. The second kappa shape index (κ2) is 7.80. The smallest absolute Gasteiger partial charge is 0.407 e. The van der Waals surface area contributed by atoms with Gasteiger partial charge in [0.05, 0.1) is 7.11 Å². The van der Waals surface area contributed by atoms with Crippen LogP contribution in [0.2, 0.25) is 0 Å². The van der Waals surface area contributed by atoms with E-state index in [9.17, 15) is 14.7 Å². The molecule has 2 rings (SSSR count). The molecule has 0 unspecified atom stereocenters. The molecule has 1 fully saturated rings.